The molecule has 17 heavy (non-hydrogen) atoms. The highest BCUT2D eigenvalue weighted by Crippen LogP contribution is 2.48. The van der Waals surface area contributed by atoms with Crippen LogP contribution >= 0.6 is 0 Å². The lowest BCUT2D eigenvalue weighted by Gasteiger charge is -2.47. The van der Waals surface area contributed by atoms with Crippen LogP contribution in [0.1, 0.15) is 58.4 Å². The van der Waals surface area contributed by atoms with Crippen LogP contribution in [0, 0.1) is 5.41 Å². The quantitative estimate of drug-likeness (QED) is 0.875. The number of hydrogen-bond donors (Lipinski definition) is 1. The van der Waals surface area contributed by atoms with Gasteiger partial charge in [-0.1, -0.05) is 33.6 Å². The van der Waals surface area contributed by atoms with Crippen molar-refractivity contribution in [3.05, 3.63) is 18.0 Å². The van der Waals surface area contributed by atoms with Crippen molar-refractivity contribution in [2.75, 3.05) is 0 Å². The van der Waals surface area contributed by atoms with Crippen LogP contribution in [0.5, 0.6) is 0 Å². The van der Waals surface area contributed by atoms with Crippen LogP contribution in [0.25, 0.3) is 0 Å². The van der Waals surface area contributed by atoms with E-state index in [-0.39, 0.29) is 11.0 Å². The van der Waals surface area contributed by atoms with Gasteiger partial charge >= 0.3 is 0 Å². The third-order valence-electron chi connectivity index (χ3n) is 4.43. The molecule has 1 atom stereocenters. The second-order valence-electron chi connectivity index (χ2n) is 6.05. The maximum atomic E-state index is 6.71. The first-order chi connectivity index (χ1) is 7.99. The molecule has 1 unspecified atom stereocenters. The number of hydrogen-bond acceptors (Lipinski definition) is 2. The summed E-state index contributed by atoms with van der Waals surface area (Å²) in [5, 5.41) is 4.43. The lowest BCUT2D eigenvalue weighted by molar-refractivity contribution is 0.0977. The van der Waals surface area contributed by atoms with Crippen LogP contribution in [0.4, 0.5) is 0 Å². The number of aromatic nitrogens is 2. The predicted molar refractivity (Wildman–Crippen MR) is 70.6 cm³/mol. The topological polar surface area (TPSA) is 43.8 Å². The second-order valence-corrected chi connectivity index (χ2v) is 6.05. The van der Waals surface area contributed by atoms with E-state index in [0.29, 0.717) is 0 Å². The number of rotatable bonds is 3. The molecular weight excluding hydrogens is 210 g/mol. The molecule has 0 saturated heterocycles. The highest BCUT2D eigenvalue weighted by Gasteiger charge is 2.45. The van der Waals surface area contributed by atoms with Crippen molar-refractivity contribution in [2.45, 2.75) is 65.0 Å². The lowest BCUT2D eigenvalue weighted by atomic mass is 9.61. The van der Waals surface area contributed by atoms with Crippen molar-refractivity contribution >= 4 is 0 Å². The van der Waals surface area contributed by atoms with Crippen LogP contribution in [0.3, 0.4) is 0 Å². The van der Waals surface area contributed by atoms with Crippen LogP contribution in [0.2, 0.25) is 0 Å². The second kappa shape index (κ2) is 4.45. The molecule has 0 radical (unpaired) electrons. The van der Waals surface area contributed by atoms with Gasteiger partial charge in [0, 0.05) is 23.8 Å². The van der Waals surface area contributed by atoms with E-state index in [1.54, 1.807) is 0 Å². The number of nitrogens with two attached hydrogens (primary N) is 1. The zero-order valence-electron chi connectivity index (χ0n) is 11.4. The third-order valence-corrected chi connectivity index (χ3v) is 4.43. The Hall–Kier alpha value is -0.830. The summed E-state index contributed by atoms with van der Waals surface area (Å²) in [6, 6.07) is 0. The number of aryl methyl sites for hydroxylation is 1. The van der Waals surface area contributed by atoms with Crippen LogP contribution in [-0.2, 0) is 12.1 Å². The standard InChI is InChI=1S/C14H25N3/c1-4-9-17-11-12(10-16-17)14(15)8-6-5-7-13(14,2)3/h10-11H,4-9,15H2,1-3H3. The van der Waals surface area contributed by atoms with Crippen molar-refractivity contribution in [2.24, 2.45) is 11.1 Å². The van der Waals surface area contributed by atoms with Crippen LogP contribution in [0.15, 0.2) is 12.4 Å². The van der Waals surface area contributed by atoms with Gasteiger partial charge in [0.1, 0.15) is 0 Å². The summed E-state index contributed by atoms with van der Waals surface area (Å²) in [5.41, 5.74) is 7.91. The molecule has 0 bridgehead atoms. The van der Waals surface area contributed by atoms with E-state index in [4.69, 9.17) is 5.73 Å². The minimum atomic E-state index is -0.197. The third kappa shape index (κ3) is 2.13. The molecule has 1 aliphatic carbocycles. The zero-order valence-corrected chi connectivity index (χ0v) is 11.4. The smallest absolute Gasteiger partial charge is 0.0540 e. The molecule has 3 heteroatoms. The van der Waals surface area contributed by atoms with E-state index in [9.17, 15) is 0 Å². The van der Waals surface area contributed by atoms with Gasteiger partial charge in [-0.15, -0.1) is 0 Å². The molecule has 1 aliphatic rings. The van der Waals surface area contributed by atoms with Gasteiger partial charge in [0.15, 0.2) is 0 Å². The van der Waals surface area contributed by atoms with Crippen molar-refractivity contribution in [1.82, 2.24) is 9.78 Å². The Morgan fingerprint density at radius 3 is 2.71 bits per heavy atom. The SMILES string of the molecule is CCCn1cc(C2(N)CCCCC2(C)C)cn1. The van der Waals surface area contributed by atoms with E-state index in [2.05, 4.69) is 32.1 Å². The van der Waals surface area contributed by atoms with Crippen molar-refractivity contribution in [3.63, 3.8) is 0 Å². The van der Waals surface area contributed by atoms with Gasteiger partial charge in [-0.25, -0.2) is 0 Å². The van der Waals surface area contributed by atoms with Crippen molar-refractivity contribution in [1.29, 1.82) is 0 Å². The molecule has 96 valence electrons. The Kier molecular flexibility index (Phi) is 3.30. The van der Waals surface area contributed by atoms with Gasteiger partial charge < -0.3 is 5.73 Å². The summed E-state index contributed by atoms with van der Waals surface area (Å²) in [6.45, 7) is 7.74. The average Bonchev–Trinajstić information content (AvgIpc) is 2.72. The number of nitrogens with zero attached hydrogens (tertiary/aromatic N) is 2. The molecule has 0 aromatic carbocycles. The minimum absolute atomic E-state index is 0.172. The molecule has 0 aliphatic heterocycles. The summed E-state index contributed by atoms with van der Waals surface area (Å²) in [7, 11) is 0. The van der Waals surface area contributed by atoms with Gasteiger partial charge in [0.25, 0.3) is 0 Å². The predicted octanol–water partition coefficient (Wildman–Crippen LogP) is 3.05. The molecule has 1 aromatic rings. The van der Waals surface area contributed by atoms with E-state index < -0.39 is 0 Å². The first-order valence-corrected chi connectivity index (χ1v) is 6.81. The fourth-order valence-electron chi connectivity index (χ4n) is 3.01. The molecule has 0 spiro atoms. The molecular formula is C14H25N3. The summed E-state index contributed by atoms with van der Waals surface area (Å²) in [4.78, 5) is 0. The largest absolute Gasteiger partial charge is 0.321 e. The minimum Gasteiger partial charge on any atom is -0.321 e. The van der Waals surface area contributed by atoms with E-state index in [1.807, 2.05) is 10.9 Å². The molecule has 0 amide bonds. The van der Waals surface area contributed by atoms with Gasteiger partial charge in [-0.3, -0.25) is 4.68 Å². The lowest BCUT2D eigenvalue weighted by Crippen LogP contribution is -2.51. The Morgan fingerprint density at radius 1 is 1.35 bits per heavy atom. The highest BCUT2D eigenvalue weighted by molar-refractivity contribution is 5.22. The maximum absolute atomic E-state index is 6.71. The van der Waals surface area contributed by atoms with Gasteiger partial charge in [-0.2, -0.15) is 5.10 Å². The fourth-order valence-corrected chi connectivity index (χ4v) is 3.01. The Balaban J connectivity index is 2.28. The molecule has 2 N–H and O–H groups in total. The molecule has 1 saturated carbocycles. The zero-order chi connectivity index (χ0) is 12.5. The summed E-state index contributed by atoms with van der Waals surface area (Å²) >= 11 is 0. The Labute approximate surface area is 104 Å². The van der Waals surface area contributed by atoms with Gasteiger partial charge in [0.2, 0.25) is 0 Å². The summed E-state index contributed by atoms with van der Waals surface area (Å²) in [5.74, 6) is 0. The van der Waals surface area contributed by atoms with Gasteiger partial charge in [0.05, 0.1) is 6.20 Å². The highest BCUT2D eigenvalue weighted by atomic mass is 15.3. The van der Waals surface area contributed by atoms with E-state index in [1.165, 1.54) is 24.8 Å². The molecule has 1 aromatic heterocycles. The van der Waals surface area contributed by atoms with Crippen LogP contribution in [-0.4, -0.2) is 9.78 Å². The van der Waals surface area contributed by atoms with Gasteiger partial charge in [-0.05, 0) is 24.7 Å². The molecule has 1 fully saturated rings. The van der Waals surface area contributed by atoms with E-state index in [0.717, 1.165) is 19.4 Å². The maximum Gasteiger partial charge on any atom is 0.0540 e. The fraction of sp³-hybridized carbons (Fsp3) is 0.786. The first-order valence-electron chi connectivity index (χ1n) is 6.81. The van der Waals surface area contributed by atoms with E-state index >= 15 is 0 Å². The monoisotopic (exact) mass is 235 g/mol. The average molecular weight is 235 g/mol. The summed E-state index contributed by atoms with van der Waals surface area (Å²) in [6.07, 6.45) is 10.1. The van der Waals surface area contributed by atoms with Crippen molar-refractivity contribution in [3.8, 4) is 0 Å². The molecule has 3 nitrogen and oxygen atoms in total. The van der Waals surface area contributed by atoms with Crippen LogP contribution < -0.4 is 5.73 Å². The summed E-state index contributed by atoms with van der Waals surface area (Å²) < 4.78 is 2.02. The molecule has 1 heterocycles. The Morgan fingerprint density at radius 2 is 2.06 bits per heavy atom. The normalized spacial score (nSPS) is 28.2. The first kappa shape index (κ1) is 12.6. The molecule has 2 rings (SSSR count). The van der Waals surface area contributed by atoms with Crippen molar-refractivity contribution < 1.29 is 0 Å². The Bertz CT molecular complexity index is 381.